The van der Waals surface area contributed by atoms with Gasteiger partial charge in [-0.1, -0.05) is 16.8 Å². The van der Waals surface area contributed by atoms with Crippen LogP contribution in [0.5, 0.6) is 11.6 Å². The third-order valence-electron chi connectivity index (χ3n) is 3.06. The first-order valence-corrected chi connectivity index (χ1v) is 7.46. The number of alkyl halides is 2. The molecule has 0 bridgehead atoms. The van der Waals surface area contributed by atoms with Crippen molar-refractivity contribution < 1.29 is 18.3 Å². The fraction of sp³-hybridized carbons (Fsp3) is 0.200. The van der Waals surface area contributed by atoms with Gasteiger partial charge in [0.1, 0.15) is 18.1 Å². The van der Waals surface area contributed by atoms with E-state index in [1.54, 1.807) is 18.5 Å². The van der Waals surface area contributed by atoms with E-state index in [2.05, 4.69) is 25.0 Å². The molecule has 0 unspecified atom stereocenters. The molecular weight excluding hydrogens is 356 g/mol. The molecule has 0 spiro atoms. The molecule has 3 rings (SSSR count). The molecule has 0 aliphatic heterocycles. The molecule has 0 aliphatic carbocycles. The van der Waals surface area contributed by atoms with E-state index in [9.17, 15) is 8.78 Å². The second-order valence-corrected chi connectivity index (χ2v) is 5.34. The Morgan fingerprint density at radius 1 is 1.24 bits per heavy atom. The monoisotopic (exact) mass is 367 g/mol. The first-order chi connectivity index (χ1) is 12.0. The predicted molar refractivity (Wildman–Crippen MR) is 84.1 cm³/mol. The van der Waals surface area contributed by atoms with Gasteiger partial charge in [0.15, 0.2) is 0 Å². The van der Waals surface area contributed by atoms with Crippen LogP contribution in [0.4, 0.5) is 8.78 Å². The van der Waals surface area contributed by atoms with Gasteiger partial charge >= 0.3 is 6.61 Å². The van der Waals surface area contributed by atoms with Gasteiger partial charge < -0.3 is 9.47 Å². The van der Waals surface area contributed by atoms with Gasteiger partial charge in [-0.25, -0.2) is 9.67 Å². The molecule has 0 aliphatic rings. The van der Waals surface area contributed by atoms with Crippen LogP contribution in [0, 0.1) is 6.92 Å². The Morgan fingerprint density at radius 3 is 2.80 bits per heavy atom. The molecule has 25 heavy (non-hydrogen) atoms. The first kappa shape index (κ1) is 17.0. The molecule has 0 amide bonds. The SMILES string of the molecule is Cc1cnc(OCc2cn(-c3ccc(Cl)c(OC(F)F)c3)nn2)cn1. The van der Waals surface area contributed by atoms with E-state index in [1.165, 1.54) is 23.0 Å². The zero-order chi connectivity index (χ0) is 17.8. The van der Waals surface area contributed by atoms with E-state index in [1.807, 2.05) is 6.92 Å². The highest BCUT2D eigenvalue weighted by Gasteiger charge is 2.11. The number of aryl methyl sites for hydroxylation is 1. The zero-order valence-corrected chi connectivity index (χ0v) is 13.7. The first-order valence-electron chi connectivity index (χ1n) is 7.08. The normalized spacial score (nSPS) is 10.9. The van der Waals surface area contributed by atoms with Crippen molar-refractivity contribution in [3.63, 3.8) is 0 Å². The highest BCUT2D eigenvalue weighted by molar-refractivity contribution is 6.32. The molecule has 1 aromatic carbocycles. The molecule has 7 nitrogen and oxygen atoms in total. The van der Waals surface area contributed by atoms with Gasteiger partial charge in [0.25, 0.3) is 0 Å². The molecule has 3 aromatic rings. The molecule has 10 heteroatoms. The van der Waals surface area contributed by atoms with Gasteiger partial charge in [-0.05, 0) is 19.1 Å². The Balaban J connectivity index is 1.71. The Kier molecular flexibility index (Phi) is 5.03. The van der Waals surface area contributed by atoms with Crippen molar-refractivity contribution in [3.05, 3.63) is 53.2 Å². The minimum atomic E-state index is -2.97. The summed E-state index contributed by atoms with van der Waals surface area (Å²) < 4.78 is 36.0. The van der Waals surface area contributed by atoms with Crippen LogP contribution in [0.15, 0.2) is 36.8 Å². The summed E-state index contributed by atoms with van der Waals surface area (Å²) in [5.41, 5.74) is 1.77. The topological polar surface area (TPSA) is 75.0 Å². The van der Waals surface area contributed by atoms with Crippen LogP contribution in [0.25, 0.3) is 5.69 Å². The predicted octanol–water partition coefficient (Wildman–Crippen LogP) is 3.20. The summed E-state index contributed by atoms with van der Waals surface area (Å²) in [7, 11) is 0. The maximum Gasteiger partial charge on any atom is 0.387 e. The van der Waals surface area contributed by atoms with Gasteiger partial charge in [0.2, 0.25) is 5.88 Å². The lowest BCUT2D eigenvalue weighted by Gasteiger charge is -2.08. The molecule has 2 aromatic heterocycles. The Bertz CT molecular complexity index is 857. The Morgan fingerprint density at radius 2 is 2.08 bits per heavy atom. The maximum atomic E-state index is 12.4. The third kappa shape index (κ3) is 4.38. The maximum absolute atomic E-state index is 12.4. The summed E-state index contributed by atoms with van der Waals surface area (Å²) in [5.74, 6) is 0.219. The average Bonchev–Trinajstić information content (AvgIpc) is 3.05. The van der Waals surface area contributed by atoms with Crippen LogP contribution in [0.1, 0.15) is 11.4 Å². The van der Waals surface area contributed by atoms with Crippen molar-refractivity contribution in [1.29, 1.82) is 0 Å². The van der Waals surface area contributed by atoms with Crippen LogP contribution >= 0.6 is 11.6 Å². The quantitative estimate of drug-likeness (QED) is 0.666. The van der Waals surface area contributed by atoms with E-state index >= 15 is 0 Å². The van der Waals surface area contributed by atoms with Crippen LogP contribution in [0.2, 0.25) is 5.02 Å². The summed E-state index contributed by atoms with van der Waals surface area (Å²) in [6.45, 7) is -1.02. The summed E-state index contributed by atoms with van der Waals surface area (Å²) in [6, 6.07) is 4.39. The van der Waals surface area contributed by atoms with E-state index in [-0.39, 0.29) is 17.4 Å². The van der Waals surface area contributed by atoms with Crippen molar-refractivity contribution in [2.24, 2.45) is 0 Å². The lowest BCUT2D eigenvalue weighted by atomic mass is 10.3. The second kappa shape index (κ2) is 7.39. The minimum absolute atomic E-state index is 0.0747. The fourth-order valence-electron chi connectivity index (χ4n) is 1.91. The van der Waals surface area contributed by atoms with Crippen molar-refractivity contribution >= 4 is 11.6 Å². The van der Waals surface area contributed by atoms with Crippen molar-refractivity contribution in [2.75, 3.05) is 0 Å². The van der Waals surface area contributed by atoms with E-state index < -0.39 is 6.61 Å². The number of aromatic nitrogens is 5. The van der Waals surface area contributed by atoms with E-state index in [0.717, 1.165) is 5.69 Å². The summed E-state index contributed by atoms with van der Waals surface area (Å²) >= 11 is 5.83. The number of benzene rings is 1. The summed E-state index contributed by atoms with van der Waals surface area (Å²) in [4.78, 5) is 8.13. The van der Waals surface area contributed by atoms with Crippen LogP contribution in [-0.4, -0.2) is 31.6 Å². The van der Waals surface area contributed by atoms with Crippen molar-refractivity contribution in [3.8, 4) is 17.3 Å². The molecule has 2 heterocycles. The number of ether oxygens (including phenoxy) is 2. The molecule has 0 radical (unpaired) electrons. The molecular formula is C15H12ClF2N5O2. The molecule has 130 valence electrons. The Hall–Kier alpha value is -2.81. The summed E-state index contributed by atoms with van der Waals surface area (Å²) in [5, 5.41) is 7.96. The molecule has 0 saturated carbocycles. The Labute approximate surface area is 146 Å². The number of hydrogen-bond donors (Lipinski definition) is 0. The van der Waals surface area contributed by atoms with E-state index in [0.29, 0.717) is 17.3 Å². The van der Waals surface area contributed by atoms with Crippen molar-refractivity contribution in [1.82, 2.24) is 25.0 Å². The highest BCUT2D eigenvalue weighted by Crippen LogP contribution is 2.28. The van der Waals surface area contributed by atoms with Gasteiger partial charge in [-0.3, -0.25) is 4.98 Å². The second-order valence-electron chi connectivity index (χ2n) is 4.93. The largest absolute Gasteiger partial charge is 0.470 e. The lowest BCUT2D eigenvalue weighted by Crippen LogP contribution is -2.03. The summed E-state index contributed by atoms with van der Waals surface area (Å²) in [6.07, 6.45) is 4.69. The molecule has 0 fully saturated rings. The number of hydrogen-bond acceptors (Lipinski definition) is 6. The zero-order valence-electron chi connectivity index (χ0n) is 12.9. The highest BCUT2D eigenvalue weighted by atomic mass is 35.5. The van der Waals surface area contributed by atoms with Gasteiger partial charge in [0.05, 0.1) is 35.0 Å². The van der Waals surface area contributed by atoms with Crippen LogP contribution in [0.3, 0.4) is 0 Å². The van der Waals surface area contributed by atoms with Gasteiger partial charge in [-0.15, -0.1) is 5.10 Å². The lowest BCUT2D eigenvalue weighted by molar-refractivity contribution is -0.0497. The molecule has 0 atom stereocenters. The average molecular weight is 368 g/mol. The molecule has 0 saturated heterocycles. The van der Waals surface area contributed by atoms with Crippen LogP contribution in [-0.2, 0) is 6.61 Å². The third-order valence-corrected chi connectivity index (χ3v) is 3.37. The smallest absolute Gasteiger partial charge is 0.387 e. The number of halogens is 3. The van der Waals surface area contributed by atoms with Gasteiger partial charge in [-0.2, -0.15) is 8.78 Å². The van der Waals surface area contributed by atoms with Crippen LogP contribution < -0.4 is 9.47 Å². The molecule has 0 N–H and O–H groups in total. The minimum Gasteiger partial charge on any atom is -0.470 e. The fourth-order valence-corrected chi connectivity index (χ4v) is 2.08. The number of rotatable bonds is 6. The van der Waals surface area contributed by atoms with E-state index in [4.69, 9.17) is 16.3 Å². The van der Waals surface area contributed by atoms with Crippen molar-refractivity contribution in [2.45, 2.75) is 20.1 Å². The standard InChI is InChI=1S/C15H12ClF2N5O2/c1-9-5-20-14(6-19-9)24-8-10-7-23(22-21-10)11-2-3-12(16)13(4-11)25-15(17)18/h2-7,15H,8H2,1H3. The van der Waals surface area contributed by atoms with Gasteiger partial charge in [0, 0.05) is 6.07 Å². The number of nitrogens with zero attached hydrogens (tertiary/aromatic N) is 5.